The molecule has 7 nitrogen and oxygen atoms in total. The number of carbonyl (C=O) groups excluding carboxylic acids is 1. The maximum atomic E-state index is 12.3. The fourth-order valence-corrected chi connectivity index (χ4v) is 2.84. The first-order valence-corrected chi connectivity index (χ1v) is 7.37. The Kier molecular flexibility index (Phi) is 3.34. The molecule has 0 N–H and O–H groups in total. The van der Waals surface area contributed by atoms with Gasteiger partial charge in [0.1, 0.15) is 12.0 Å². The van der Waals surface area contributed by atoms with Gasteiger partial charge < -0.3 is 13.8 Å². The highest BCUT2D eigenvalue weighted by molar-refractivity contribution is 6.33. The van der Waals surface area contributed by atoms with E-state index in [2.05, 4.69) is 15.1 Å². The van der Waals surface area contributed by atoms with Gasteiger partial charge in [-0.2, -0.15) is 4.98 Å². The highest BCUT2D eigenvalue weighted by atomic mass is 35.5. The molecule has 1 aliphatic heterocycles. The maximum Gasteiger partial charge on any atom is 0.232 e. The second kappa shape index (κ2) is 5.51. The fraction of sp³-hybridized carbons (Fsp3) is 0.200. The summed E-state index contributed by atoms with van der Waals surface area (Å²) in [6, 6.07) is 7.24. The summed E-state index contributed by atoms with van der Waals surface area (Å²) < 4.78 is 10.2. The number of halogens is 1. The van der Waals surface area contributed by atoms with E-state index in [4.69, 9.17) is 20.5 Å². The van der Waals surface area contributed by atoms with Crippen molar-refractivity contribution in [2.75, 3.05) is 11.4 Å². The highest BCUT2D eigenvalue weighted by Gasteiger charge is 2.36. The van der Waals surface area contributed by atoms with E-state index in [1.807, 2.05) is 18.2 Å². The average Bonchev–Trinajstić information content (AvgIpc) is 3.27. The lowest BCUT2D eigenvalue weighted by Gasteiger charge is -2.17. The third kappa shape index (κ3) is 2.49. The van der Waals surface area contributed by atoms with Gasteiger partial charge >= 0.3 is 0 Å². The Labute approximate surface area is 135 Å². The van der Waals surface area contributed by atoms with E-state index in [1.54, 1.807) is 11.0 Å². The van der Waals surface area contributed by atoms with Crippen LogP contribution in [0.3, 0.4) is 0 Å². The van der Waals surface area contributed by atoms with Gasteiger partial charge in [-0.15, -0.1) is 0 Å². The summed E-state index contributed by atoms with van der Waals surface area (Å²) in [5.41, 5.74) is 1.19. The molecule has 1 amide bonds. The number of oxazole rings is 1. The SMILES string of the molecule is O=C1CC(c2nc(-c3cocn3)no2)CN1c1ccccc1Cl. The smallest absolute Gasteiger partial charge is 0.232 e. The summed E-state index contributed by atoms with van der Waals surface area (Å²) >= 11 is 6.17. The second-order valence-electron chi connectivity index (χ2n) is 5.19. The zero-order valence-corrected chi connectivity index (χ0v) is 12.6. The van der Waals surface area contributed by atoms with Crippen LogP contribution in [0, 0.1) is 0 Å². The van der Waals surface area contributed by atoms with E-state index < -0.39 is 0 Å². The van der Waals surface area contributed by atoms with Gasteiger partial charge in [-0.3, -0.25) is 4.79 Å². The monoisotopic (exact) mass is 330 g/mol. The molecule has 1 aliphatic rings. The van der Waals surface area contributed by atoms with E-state index in [1.165, 1.54) is 12.7 Å². The molecule has 0 radical (unpaired) electrons. The Morgan fingerprint density at radius 1 is 1.30 bits per heavy atom. The Balaban J connectivity index is 1.58. The molecule has 0 saturated carbocycles. The molecule has 4 rings (SSSR count). The average molecular weight is 331 g/mol. The number of hydrogen-bond acceptors (Lipinski definition) is 6. The molecule has 0 spiro atoms. The minimum absolute atomic E-state index is 0.0238. The predicted molar refractivity (Wildman–Crippen MR) is 81.0 cm³/mol. The van der Waals surface area contributed by atoms with Gasteiger partial charge in [0.2, 0.25) is 17.6 Å². The topological polar surface area (TPSA) is 85.3 Å². The first-order valence-electron chi connectivity index (χ1n) is 6.99. The summed E-state index contributed by atoms with van der Waals surface area (Å²) in [6.07, 6.45) is 3.03. The van der Waals surface area contributed by atoms with Crippen LogP contribution in [0.15, 0.2) is 45.9 Å². The third-order valence-electron chi connectivity index (χ3n) is 3.72. The van der Waals surface area contributed by atoms with Crippen LogP contribution in [-0.2, 0) is 4.79 Å². The molecule has 1 aromatic carbocycles. The van der Waals surface area contributed by atoms with Crippen molar-refractivity contribution in [3.8, 4) is 11.5 Å². The highest BCUT2D eigenvalue weighted by Crippen LogP contribution is 2.34. The van der Waals surface area contributed by atoms with Crippen LogP contribution in [0.2, 0.25) is 5.02 Å². The Bertz CT molecular complexity index is 846. The number of nitrogens with zero attached hydrogens (tertiary/aromatic N) is 4. The lowest BCUT2D eigenvalue weighted by atomic mass is 10.1. The number of rotatable bonds is 3. The van der Waals surface area contributed by atoms with Crippen LogP contribution in [0.4, 0.5) is 5.69 Å². The molecule has 116 valence electrons. The van der Waals surface area contributed by atoms with Crippen molar-refractivity contribution in [2.24, 2.45) is 0 Å². The molecule has 1 fully saturated rings. The first kappa shape index (κ1) is 14.0. The number of hydrogen-bond donors (Lipinski definition) is 0. The molecule has 0 aliphatic carbocycles. The molecule has 1 atom stereocenters. The molecule has 0 bridgehead atoms. The van der Waals surface area contributed by atoms with E-state index >= 15 is 0 Å². The number of anilines is 1. The largest absolute Gasteiger partial charge is 0.451 e. The lowest BCUT2D eigenvalue weighted by molar-refractivity contribution is -0.117. The summed E-state index contributed by atoms with van der Waals surface area (Å²) in [6.45, 7) is 0.447. The second-order valence-corrected chi connectivity index (χ2v) is 5.59. The van der Waals surface area contributed by atoms with Crippen LogP contribution in [-0.4, -0.2) is 27.6 Å². The number of amides is 1. The molecule has 1 unspecified atom stereocenters. The van der Waals surface area contributed by atoms with Crippen molar-refractivity contribution in [1.29, 1.82) is 0 Å². The first-order chi connectivity index (χ1) is 11.2. The molecule has 1 saturated heterocycles. The quantitative estimate of drug-likeness (QED) is 0.734. The van der Waals surface area contributed by atoms with Crippen LogP contribution >= 0.6 is 11.6 Å². The van der Waals surface area contributed by atoms with Gasteiger partial charge in [0.05, 0.1) is 16.6 Å². The van der Waals surface area contributed by atoms with E-state index in [0.29, 0.717) is 41.1 Å². The molecular weight excluding hydrogens is 320 g/mol. The predicted octanol–water partition coefficient (Wildman–Crippen LogP) is 2.90. The van der Waals surface area contributed by atoms with Gasteiger partial charge in [-0.05, 0) is 12.1 Å². The van der Waals surface area contributed by atoms with Crippen LogP contribution in [0.5, 0.6) is 0 Å². The van der Waals surface area contributed by atoms with Gasteiger partial charge in [-0.1, -0.05) is 28.9 Å². The number of aromatic nitrogens is 3. The Morgan fingerprint density at radius 2 is 2.17 bits per heavy atom. The van der Waals surface area contributed by atoms with E-state index in [9.17, 15) is 4.79 Å². The summed E-state index contributed by atoms with van der Waals surface area (Å²) in [4.78, 5) is 22.2. The van der Waals surface area contributed by atoms with E-state index in [0.717, 1.165) is 0 Å². The summed E-state index contributed by atoms with van der Waals surface area (Å²) in [5, 5.41) is 4.42. The third-order valence-corrected chi connectivity index (χ3v) is 4.04. The molecule has 8 heteroatoms. The van der Waals surface area contributed by atoms with Crippen LogP contribution in [0.25, 0.3) is 11.5 Å². The molecule has 2 aromatic heterocycles. The number of para-hydroxylation sites is 1. The van der Waals surface area contributed by atoms with Crippen LogP contribution < -0.4 is 4.90 Å². The van der Waals surface area contributed by atoms with Crippen molar-refractivity contribution in [3.05, 3.63) is 47.8 Å². The summed E-state index contributed by atoms with van der Waals surface area (Å²) in [7, 11) is 0. The minimum atomic E-state index is -0.174. The lowest BCUT2D eigenvalue weighted by Crippen LogP contribution is -2.24. The van der Waals surface area contributed by atoms with Gasteiger partial charge in [0, 0.05) is 13.0 Å². The van der Waals surface area contributed by atoms with Crippen molar-refractivity contribution >= 4 is 23.2 Å². The molecule has 23 heavy (non-hydrogen) atoms. The summed E-state index contributed by atoms with van der Waals surface area (Å²) in [5.74, 6) is 0.555. The van der Waals surface area contributed by atoms with Gasteiger partial charge in [0.15, 0.2) is 6.39 Å². The molecule has 3 heterocycles. The fourth-order valence-electron chi connectivity index (χ4n) is 2.60. The minimum Gasteiger partial charge on any atom is -0.451 e. The van der Waals surface area contributed by atoms with Gasteiger partial charge in [0.25, 0.3) is 0 Å². The van der Waals surface area contributed by atoms with Crippen molar-refractivity contribution in [2.45, 2.75) is 12.3 Å². The van der Waals surface area contributed by atoms with Gasteiger partial charge in [-0.25, -0.2) is 4.98 Å². The standard InChI is InChI=1S/C15H11ClN4O3/c16-10-3-1-2-4-12(10)20-6-9(5-13(20)21)15-18-14(19-23-15)11-7-22-8-17-11/h1-4,7-9H,5-6H2. The maximum absolute atomic E-state index is 12.3. The Hall–Kier alpha value is -2.67. The van der Waals surface area contributed by atoms with Crippen molar-refractivity contribution in [1.82, 2.24) is 15.1 Å². The Morgan fingerprint density at radius 3 is 2.96 bits per heavy atom. The van der Waals surface area contributed by atoms with Crippen molar-refractivity contribution < 1.29 is 13.7 Å². The van der Waals surface area contributed by atoms with E-state index in [-0.39, 0.29) is 11.8 Å². The normalized spacial score (nSPS) is 17.9. The molecule has 3 aromatic rings. The molecular formula is C15H11ClN4O3. The number of benzene rings is 1. The zero-order chi connectivity index (χ0) is 15.8. The van der Waals surface area contributed by atoms with Crippen LogP contribution in [0.1, 0.15) is 18.2 Å². The zero-order valence-electron chi connectivity index (χ0n) is 11.8. The van der Waals surface area contributed by atoms with Crippen molar-refractivity contribution in [3.63, 3.8) is 0 Å². The number of carbonyl (C=O) groups is 1.